The van der Waals surface area contributed by atoms with Gasteiger partial charge in [0.2, 0.25) is 0 Å². The van der Waals surface area contributed by atoms with Crippen molar-refractivity contribution in [3.05, 3.63) is 0 Å². The summed E-state index contributed by atoms with van der Waals surface area (Å²) >= 11 is 0. The molecule has 0 aromatic heterocycles. The van der Waals surface area contributed by atoms with Gasteiger partial charge in [0.1, 0.15) is 0 Å². The van der Waals surface area contributed by atoms with Gasteiger partial charge in [-0.25, -0.2) is 0 Å². The summed E-state index contributed by atoms with van der Waals surface area (Å²) in [6.45, 7) is 11.1. The Morgan fingerprint density at radius 3 is 1.71 bits per heavy atom. The normalized spacial score (nSPS) is 16.1. The van der Waals surface area contributed by atoms with Crippen LogP contribution in [0.1, 0.15) is 47.5 Å². The average molecular weight is 200 g/mol. The lowest BCUT2D eigenvalue weighted by Gasteiger charge is -2.37. The molecule has 0 fully saturated rings. The van der Waals surface area contributed by atoms with E-state index in [1.807, 2.05) is 0 Å². The Kier molecular flexibility index (Phi) is 4.60. The highest BCUT2D eigenvalue weighted by molar-refractivity contribution is 4.83. The summed E-state index contributed by atoms with van der Waals surface area (Å²) in [5, 5.41) is 0. The first-order chi connectivity index (χ1) is 6.04. The van der Waals surface area contributed by atoms with Crippen molar-refractivity contribution in [1.29, 1.82) is 0 Å². The highest BCUT2D eigenvalue weighted by atomic mass is 15.1. The fraction of sp³-hybridized carbons (Fsp3) is 1.00. The minimum absolute atomic E-state index is 0.0422. The van der Waals surface area contributed by atoms with Crippen molar-refractivity contribution < 1.29 is 0 Å². The van der Waals surface area contributed by atoms with Crippen LogP contribution in [0.2, 0.25) is 0 Å². The van der Waals surface area contributed by atoms with Crippen LogP contribution in [0.4, 0.5) is 0 Å². The Bertz CT molecular complexity index is 160. The summed E-state index contributed by atoms with van der Waals surface area (Å²) < 4.78 is 0. The van der Waals surface area contributed by atoms with E-state index in [2.05, 4.69) is 53.6 Å². The van der Waals surface area contributed by atoms with Crippen LogP contribution in [-0.2, 0) is 0 Å². The molecule has 0 saturated carbocycles. The number of hydrogen-bond donors (Lipinski definition) is 1. The molecule has 1 unspecified atom stereocenters. The Morgan fingerprint density at radius 2 is 1.50 bits per heavy atom. The standard InChI is InChI=1S/C12H28N2/c1-11(2,3)10(14(6)7)8-9-12(4,5)13/h10H,8-9,13H2,1-7H3. The molecule has 0 aliphatic carbocycles. The van der Waals surface area contributed by atoms with Crippen LogP contribution < -0.4 is 5.73 Å². The van der Waals surface area contributed by atoms with E-state index in [4.69, 9.17) is 5.73 Å². The SMILES string of the molecule is CN(C)C(CCC(C)(C)N)C(C)(C)C. The number of nitrogens with two attached hydrogens (primary N) is 1. The third kappa shape index (κ3) is 5.61. The highest BCUT2D eigenvalue weighted by Gasteiger charge is 2.27. The summed E-state index contributed by atoms with van der Waals surface area (Å²) in [5.41, 5.74) is 6.29. The highest BCUT2D eigenvalue weighted by Crippen LogP contribution is 2.27. The summed E-state index contributed by atoms with van der Waals surface area (Å²) in [4.78, 5) is 2.31. The second kappa shape index (κ2) is 4.63. The van der Waals surface area contributed by atoms with Crippen LogP contribution >= 0.6 is 0 Å². The van der Waals surface area contributed by atoms with Gasteiger partial charge in [-0.15, -0.1) is 0 Å². The summed E-state index contributed by atoms with van der Waals surface area (Å²) in [5.74, 6) is 0. The average Bonchev–Trinajstić information content (AvgIpc) is 1.79. The molecule has 2 heteroatoms. The van der Waals surface area contributed by atoms with Crippen LogP contribution in [0.15, 0.2) is 0 Å². The second-order valence-electron chi connectivity index (χ2n) is 6.37. The van der Waals surface area contributed by atoms with Crippen molar-refractivity contribution in [2.24, 2.45) is 11.1 Å². The predicted octanol–water partition coefficient (Wildman–Crippen LogP) is 2.48. The van der Waals surface area contributed by atoms with E-state index < -0.39 is 0 Å². The van der Waals surface area contributed by atoms with Crippen molar-refractivity contribution in [1.82, 2.24) is 4.90 Å². The smallest absolute Gasteiger partial charge is 0.0138 e. The quantitative estimate of drug-likeness (QED) is 0.755. The molecular formula is C12H28N2. The van der Waals surface area contributed by atoms with Crippen LogP contribution in [-0.4, -0.2) is 30.6 Å². The molecular weight excluding hydrogens is 172 g/mol. The maximum absolute atomic E-state index is 6.01. The first-order valence-corrected chi connectivity index (χ1v) is 5.49. The summed E-state index contributed by atoms with van der Waals surface area (Å²) in [6, 6.07) is 0.602. The molecule has 1 atom stereocenters. The fourth-order valence-corrected chi connectivity index (χ4v) is 1.97. The third-order valence-electron chi connectivity index (χ3n) is 2.69. The van der Waals surface area contributed by atoms with Gasteiger partial charge in [-0.3, -0.25) is 0 Å². The predicted molar refractivity (Wildman–Crippen MR) is 64.4 cm³/mol. The molecule has 0 aromatic carbocycles. The van der Waals surface area contributed by atoms with Gasteiger partial charge in [0.25, 0.3) is 0 Å². The number of rotatable bonds is 4. The van der Waals surface area contributed by atoms with E-state index >= 15 is 0 Å². The first-order valence-electron chi connectivity index (χ1n) is 5.49. The topological polar surface area (TPSA) is 29.3 Å². The van der Waals surface area contributed by atoms with Crippen molar-refractivity contribution in [3.8, 4) is 0 Å². The van der Waals surface area contributed by atoms with Gasteiger partial charge in [0.15, 0.2) is 0 Å². The largest absolute Gasteiger partial charge is 0.326 e. The Hall–Kier alpha value is -0.0800. The first kappa shape index (κ1) is 13.9. The summed E-state index contributed by atoms with van der Waals surface area (Å²) in [6.07, 6.45) is 2.24. The van der Waals surface area contributed by atoms with Crippen LogP contribution in [0.3, 0.4) is 0 Å². The van der Waals surface area contributed by atoms with Crippen molar-refractivity contribution >= 4 is 0 Å². The van der Waals surface area contributed by atoms with Gasteiger partial charge in [0.05, 0.1) is 0 Å². The van der Waals surface area contributed by atoms with E-state index in [0.717, 1.165) is 6.42 Å². The maximum Gasteiger partial charge on any atom is 0.0138 e. The van der Waals surface area contributed by atoms with Gasteiger partial charge in [-0.1, -0.05) is 20.8 Å². The molecule has 86 valence electrons. The number of hydrogen-bond acceptors (Lipinski definition) is 2. The number of nitrogens with zero attached hydrogens (tertiary/aromatic N) is 1. The molecule has 0 spiro atoms. The lowest BCUT2D eigenvalue weighted by Crippen LogP contribution is -2.42. The van der Waals surface area contributed by atoms with Gasteiger partial charge in [-0.05, 0) is 46.2 Å². The van der Waals surface area contributed by atoms with E-state index in [-0.39, 0.29) is 5.54 Å². The van der Waals surface area contributed by atoms with Gasteiger partial charge in [-0.2, -0.15) is 0 Å². The van der Waals surface area contributed by atoms with Gasteiger partial charge in [0, 0.05) is 11.6 Å². The minimum Gasteiger partial charge on any atom is -0.326 e. The van der Waals surface area contributed by atoms with E-state index in [1.54, 1.807) is 0 Å². The monoisotopic (exact) mass is 200 g/mol. The summed E-state index contributed by atoms with van der Waals surface area (Å²) in [7, 11) is 4.30. The lowest BCUT2D eigenvalue weighted by atomic mass is 9.81. The molecule has 0 saturated heterocycles. The Labute approximate surface area is 89.9 Å². The van der Waals surface area contributed by atoms with E-state index in [9.17, 15) is 0 Å². The van der Waals surface area contributed by atoms with Crippen LogP contribution in [0.5, 0.6) is 0 Å². The van der Waals surface area contributed by atoms with Crippen molar-refractivity contribution in [2.45, 2.75) is 59.0 Å². The van der Waals surface area contributed by atoms with Crippen LogP contribution in [0, 0.1) is 5.41 Å². The molecule has 0 aromatic rings. The molecule has 0 aliphatic rings. The zero-order valence-electron chi connectivity index (χ0n) is 11.0. The van der Waals surface area contributed by atoms with Crippen LogP contribution in [0.25, 0.3) is 0 Å². The molecule has 0 bridgehead atoms. The van der Waals surface area contributed by atoms with E-state index in [0.29, 0.717) is 11.5 Å². The van der Waals surface area contributed by atoms with E-state index in [1.165, 1.54) is 6.42 Å². The fourth-order valence-electron chi connectivity index (χ4n) is 1.97. The zero-order valence-corrected chi connectivity index (χ0v) is 11.0. The van der Waals surface area contributed by atoms with Gasteiger partial charge >= 0.3 is 0 Å². The molecule has 0 aliphatic heterocycles. The molecule has 0 heterocycles. The Morgan fingerprint density at radius 1 is 1.07 bits per heavy atom. The van der Waals surface area contributed by atoms with Gasteiger partial charge < -0.3 is 10.6 Å². The molecule has 0 radical (unpaired) electrons. The molecule has 2 N–H and O–H groups in total. The second-order valence-corrected chi connectivity index (χ2v) is 6.37. The molecule has 14 heavy (non-hydrogen) atoms. The Balaban J connectivity index is 4.27. The third-order valence-corrected chi connectivity index (χ3v) is 2.69. The van der Waals surface area contributed by atoms with Crippen molar-refractivity contribution in [2.75, 3.05) is 14.1 Å². The molecule has 0 rings (SSSR count). The molecule has 0 amide bonds. The lowest BCUT2D eigenvalue weighted by molar-refractivity contribution is 0.134. The van der Waals surface area contributed by atoms with Crippen molar-refractivity contribution in [3.63, 3.8) is 0 Å². The molecule has 2 nitrogen and oxygen atoms in total. The maximum atomic E-state index is 6.01. The zero-order chi connectivity index (χ0) is 11.6. The minimum atomic E-state index is -0.0422.